The van der Waals surface area contributed by atoms with Gasteiger partial charge in [0.25, 0.3) is 0 Å². The molecule has 0 bridgehead atoms. The molecule has 0 radical (unpaired) electrons. The van der Waals surface area contributed by atoms with Gasteiger partial charge in [-0.25, -0.2) is 4.39 Å². The molecule has 0 fully saturated rings. The van der Waals surface area contributed by atoms with Gasteiger partial charge in [-0.15, -0.1) is 0 Å². The van der Waals surface area contributed by atoms with E-state index in [1.54, 1.807) is 12.1 Å². The molecule has 3 rings (SSSR count). The van der Waals surface area contributed by atoms with Crippen LogP contribution in [0.1, 0.15) is 11.3 Å². The topological polar surface area (TPSA) is 52.0 Å². The monoisotopic (exact) mass is 282 g/mol. The van der Waals surface area contributed by atoms with E-state index in [1.165, 1.54) is 17.7 Å². The van der Waals surface area contributed by atoms with Crippen LogP contribution in [0.4, 0.5) is 10.2 Å². The predicted molar refractivity (Wildman–Crippen MR) is 80.2 cm³/mol. The number of nitrogens with zero attached hydrogens (tertiary/aromatic N) is 1. The first-order chi connectivity index (χ1) is 10.2. The smallest absolute Gasteiger partial charge is 0.175 e. The number of aromatic nitrogens is 1. The Hall–Kier alpha value is -2.62. The largest absolute Gasteiger partial charge is 0.380 e. The quantitative estimate of drug-likeness (QED) is 0.790. The van der Waals surface area contributed by atoms with Crippen LogP contribution in [0.2, 0.25) is 0 Å². The highest BCUT2D eigenvalue weighted by atomic mass is 19.1. The highest BCUT2D eigenvalue weighted by Crippen LogP contribution is 2.30. The maximum Gasteiger partial charge on any atom is 0.175 e. The molecule has 4 heteroatoms. The third-order valence-corrected chi connectivity index (χ3v) is 3.39. The van der Waals surface area contributed by atoms with Crippen molar-refractivity contribution in [1.82, 2.24) is 5.16 Å². The number of anilines is 1. The second-order valence-electron chi connectivity index (χ2n) is 4.86. The Morgan fingerprint density at radius 1 is 1.00 bits per heavy atom. The molecule has 2 N–H and O–H groups in total. The van der Waals surface area contributed by atoms with Crippen molar-refractivity contribution in [3.05, 3.63) is 71.7 Å². The van der Waals surface area contributed by atoms with Crippen LogP contribution < -0.4 is 5.73 Å². The van der Waals surface area contributed by atoms with Crippen LogP contribution in [0.15, 0.2) is 59.1 Å². The molecule has 3 aromatic rings. The Bertz CT molecular complexity index is 738. The van der Waals surface area contributed by atoms with Crippen LogP contribution in [0.25, 0.3) is 11.1 Å². The summed E-state index contributed by atoms with van der Waals surface area (Å²) in [5.41, 5.74) is 8.45. The van der Waals surface area contributed by atoms with Gasteiger partial charge >= 0.3 is 0 Å². The molecule has 3 nitrogen and oxygen atoms in total. The molecule has 0 amide bonds. The average molecular weight is 282 g/mol. The van der Waals surface area contributed by atoms with Crippen molar-refractivity contribution >= 4 is 5.82 Å². The van der Waals surface area contributed by atoms with Gasteiger partial charge in [-0.1, -0.05) is 47.6 Å². The number of aryl methyl sites for hydroxylation is 2. The zero-order chi connectivity index (χ0) is 14.7. The minimum absolute atomic E-state index is 0.295. The number of halogens is 1. The molecule has 0 aliphatic rings. The Morgan fingerprint density at radius 3 is 2.57 bits per heavy atom. The van der Waals surface area contributed by atoms with Crippen molar-refractivity contribution < 1.29 is 8.91 Å². The van der Waals surface area contributed by atoms with Crippen molar-refractivity contribution in [2.24, 2.45) is 0 Å². The minimum Gasteiger partial charge on any atom is -0.380 e. The lowest BCUT2D eigenvalue weighted by molar-refractivity contribution is 0.386. The summed E-state index contributed by atoms with van der Waals surface area (Å²) in [6.07, 6.45) is 1.48. The Balaban J connectivity index is 1.87. The maximum atomic E-state index is 13.4. The van der Waals surface area contributed by atoms with Crippen molar-refractivity contribution in [2.75, 3.05) is 5.73 Å². The first-order valence-corrected chi connectivity index (χ1v) is 6.78. The Morgan fingerprint density at radius 2 is 1.81 bits per heavy atom. The molecule has 1 heterocycles. The highest BCUT2D eigenvalue weighted by molar-refractivity contribution is 5.75. The lowest BCUT2D eigenvalue weighted by atomic mass is 10.0. The normalized spacial score (nSPS) is 10.7. The van der Waals surface area contributed by atoms with Gasteiger partial charge in [0.15, 0.2) is 5.82 Å². The molecule has 0 unspecified atom stereocenters. The number of nitrogens with two attached hydrogens (primary N) is 1. The lowest BCUT2D eigenvalue weighted by Crippen LogP contribution is -1.94. The molecule has 0 aliphatic carbocycles. The molecule has 21 heavy (non-hydrogen) atoms. The fourth-order valence-corrected chi connectivity index (χ4v) is 2.36. The number of nitrogen functional groups attached to an aromatic ring is 1. The second kappa shape index (κ2) is 5.79. The van der Waals surface area contributed by atoms with E-state index in [0.717, 1.165) is 6.42 Å². The van der Waals surface area contributed by atoms with Gasteiger partial charge in [0, 0.05) is 6.42 Å². The van der Waals surface area contributed by atoms with Crippen molar-refractivity contribution in [3.8, 4) is 11.1 Å². The van der Waals surface area contributed by atoms with Crippen molar-refractivity contribution in [3.63, 3.8) is 0 Å². The second-order valence-corrected chi connectivity index (χ2v) is 4.86. The Kier molecular flexibility index (Phi) is 3.69. The van der Waals surface area contributed by atoms with E-state index in [0.29, 0.717) is 29.1 Å². The van der Waals surface area contributed by atoms with Gasteiger partial charge in [0.2, 0.25) is 0 Å². The van der Waals surface area contributed by atoms with E-state index in [-0.39, 0.29) is 5.82 Å². The fraction of sp³-hybridized carbons (Fsp3) is 0.118. The molecular formula is C17H15FN2O. The van der Waals surface area contributed by atoms with E-state index in [1.807, 2.05) is 18.2 Å². The van der Waals surface area contributed by atoms with E-state index < -0.39 is 0 Å². The van der Waals surface area contributed by atoms with E-state index in [2.05, 4.69) is 17.3 Å². The van der Waals surface area contributed by atoms with Crippen LogP contribution in [-0.4, -0.2) is 5.16 Å². The first-order valence-electron chi connectivity index (χ1n) is 6.78. The van der Waals surface area contributed by atoms with Gasteiger partial charge in [0.05, 0.1) is 5.56 Å². The van der Waals surface area contributed by atoms with E-state index in [4.69, 9.17) is 10.3 Å². The summed E-state index contributed by atoms with van der Waals surface area (Å²) < 4.78 is 18.7. The van der Waals surface area contributed by atoms with Gasteiger partial charge < -0.3 is 10.3 Å². The summed E-state index contributed by atoms with van der Waals surface area (Å²) in [5, 5.41) is 3.82. The first kappa shape index (κ1) is 13.4. The molecule has 0 spiro atoms. The van der Waals surface area contributed by atoms with E-state index >= 15 is 0 Å². The zero-order valence-electron chi connectivity index (χ0n) is 11.4. The van der Waals surface area contributed by atoms with Crippen molar-refractivity contribution in [2.45, 2.75) is 12.8 Å². The molecule has 0 aliphatic heterocycles. The zero-order valence-corrected chi connectivity index (χ0v) is 11.4. The summed E-state index contributed by atoms with van der Waals surface area (Å²) in [4.78, 5) is 0. The van der Waals surface area contributed by atoms with Gasteiger partial charge in [-0.05, 0) is 29.7 Å². The molecule has 106 valence electrons. The summed E-state index contributed by atoms with van der Waals surface area (Å²) in [6.45, 7) is 0. The maximum absolute atomic E-state index is 13.4. The third-order valence-electron chi connectivity index (χ3n) is 3.39. The van der Waals surface area contributed by atoms with Crippen LogP contribution in [0.3, 0.4) is 0 Å². The minimum atomic E-state index is -0.304. The fourth-order valence-electron chi connectivity index (χ4n) is 2.36. The van der Waals surface area contributed by atoms with Gasteiger partial charge in [-0.3, -0.25) is 0 Å². The molecule has 1 aromatic heterocycles. The summed E-state index contributed by atoms with van der Waals surface area (Å²) in [7, 11) is 0. The number of benzene rings is 2. The van der Waals surface area contributed by atoms with Crippen LogP contribution in [0.5, 0.6) is 0 Å². The number of rotatable bonds is 4. The molecule has 2 aromatic carbocycles. The highest BCUT2D eigenvalue weighted by Gasteiger charge is 2.16. The van der Waals surface area contributed by atoms with Crippen molar-refractivity contribution in [1.29, 1.82) is 0 Å². The summed E-state index contributed by atoms with van der Waals surface area (Å²) >= 11 is 0. The van der Waals surface area contributed by atoms with Gasteiger partial charge in [0.1, 0.15) is 11.6 Å². The third kappa shape index (κ3) is 2.94. The van der Waals surface area contributed by atoms with Crippen LogP contribution in [0, 0.1) is 5.82 Å². The van der Waals surface area contributed by atoms with Crippen LogP contribution >= 0.6 is 0 Å². The van der Waals surface area contributed by atoms with Gasteiger partial charge in [-0.2, -0.15) is 0 Å². The Labute approximate surface area is 122 Å². The summed E-state index contributed by atoms with van der Waals surface area (Å²) in [6, 6.07) is 16.4. The predicted octanol–water partition coefficient (Wildman–Crippen LogP) is 3.85. The van der Waals surface area contributed by atoms with E-state index in [9.17, 15) is 4.39 Å². The summed E-state index contributed by atoms with van der Waals surface area (Å²) in [5.74, 6) is 0.674. The number of hydrogen-bond acceptors (Lipinski definition) is 3. The molecular weight excluding hydrogens is 267 g/mol. The molecule has 0 saturated carbocycles. The lowest BCUT2D eigenvalue weighted by Gasteiger charge is -2.03. The SMILES string of the molecule is Nc1noc(CCc2ccccc2)c1-c1cccc(F)c1. The standard InChI is InChI=1S/C17H15FN2O/c18-14-8-4-7-13(11-14)16-15(21-20-17(16)19)10-9-12-5-2-1-3-6-12/h1-8,11H,9-10H2,(H2,19,20). The number of hydrogen-bond donors (Lipinski definition) is 1. The van der Waals surface area contributed by atoms with Crippen LogP contribution in [-0.2, 0) is 12.8 Å². The molecule has 0 atom stereocenters. The molecule has 0 saturated heterocycles. The average Bonchev–Trinajstić information content (AvgIpc) is 2.87.